The Kier molecular flexibility index (Phi) is 8.54. The van der Waals surface area contributed by atoms with Crippen LogP contribution in [0.3, 0.4) is 0 Å². The number of aliphatic carboxylic acids is 2. The molecule has 26 heavy (non-hydrogen) atoms. The minimum absolute atomic E-state index is 0.0581. The summed E-state index contributed by atoms with van der Waals surface area (Å²) in [5.41, 5.74) is 0. The molecule has 2 saturated heterocycles. The van der Waals surface area contributed by atoms with Crippen molar-refractivity contribution in [3.63, 3.8) is 0 Å². The summed E-state index contributed by atoms with van der Waals surface area (Å²) in [6.07, 6.45) is -1.35. The van der Waals surface area contributed by atoms with Crippen molar-refractivity contribution in [1.29, 1.82) is 0 Å². The molecule has 0 unspecified atom stereocenters. The summed E-state index contributed by atoms with van der Waals surface area (Å²) in [6.45, 7) is 0.116. The van der Waals surface area contributed by atoms with Gasteiger partial charge in [-0.2, -0.15) is 0 Å². The van der Waals surface area contributed by atoms with E-state index >= 15 is 0 Å². The first kappa shape index (κ1) is 22.4. The maximum absolute atomic E-state index is 11.1. The van der Waals surface area contributed by atoms with Gasteiger partial charge < -0.3 is 30.2 Å². The van der Waals surface area contributed by atoms with Gasteiger partial charge in [-0.05, 0) is 0 Å². The number of carboxylic acids is 2. The number of β-amino-alcohol motifs (C(OH)–C–C–N with tert-alkyl or cyclic N) is 2. The lowest BCUT2D eigenvalue weighted by Crippen LogP contribution is -2.41. The summed E-state index contributed by atoms with van der Waals surface area (Å²) >= 11 is 10.6. The van der Waals surface area contributed by atoms with E-state index in [1.807, 2.05) is 0 Å². The molecule has 2 aliphatic rings. The molecule has 4 atom stereocenters. The van der Waals surface area contributed by atoms with E-state index in [0.717, 1.165) is 9.80 Å². The van der Waals surface area contributed by atoms with Crippen LogP contribution >= 0.6 is 23.2 Å². The molecule has 0 aliphatic carbocycles. The molecular weight excluding hydrogens is 395 g/mol. The quantitative estimate of drug-likeness (QED) is 0.406. The first-order valence-corrected chi connectivity index (χ1v) is 8.71. The van der Waals surface area contributed by atoms with Crippen LogP contribution in [-0.4, -0.2) is 103 Å². The monoisotopic (exact) mass is 414 g/mol. The van der Waals surface area contributed by atoms with Gasteiger partial charge in [-0.25, -0.2) is 9.59 Å². The highest BCUT2D eigenvalue weighted by molar-refractivity contribution is 6.27. The van der Waals surface area contributed by atoms with Crippen molar-refractivity contribution in [2.75, 3.05) is 24.8 Å². The van der Waals surface area contributed by atoms with E-state index in [9.17, 15) is 19.2 Å². The van der Waals surface area contributed by atoms with Crippen LogP contribution in [0, 0.1) is 0 Å². The first-order valence-electron chi connectivity index (χ1n) is 7.64. The molecule has 0 saturated carbocycles. The smallest absolute Gasteiger partial charge is 0.326 e. The number of carbonyl (C=O) groups excluding carboxylic acids is 2. The van der Waals surface area contributed by atoms with Gasteiger partial charge in [0.1, 0.15) is 23.8 Å². The third-order valence-corrected chi connectivity index (χ3v) is 4.45. The molecule has 148 valence electrons. The minimum Gasteiger partial charge on any atom is -0.480 e. The molecule has 4 N–H and O–H groups in total. The topological polar surface area (TPSA) is 156 Å². The number of aliphatic hydroxyl groups excluding tert-OH is 2. The number of carbonyl (C=O) groups is 4. The minimum atomic E-state index is -1.10. The number of likely N-dealkylation sites (tertiary alicyclic amines) is 2. The van der Waals surface area contributed by atoms with Crippen LogP contribution in [0.25, 0.3) is 0 Å². The highest BCUT2D eigenvalue weighted by Gasteiger charge is 2.39. The fourth-order valence-electron chi connectivity index (χ4n) is 2.80. The Bertz CT molecular complexity index is 513. The molecule has 0 aromatic rings. The summed E-state index contributed by atoms with van der Waals surface area (Å²) in [4.78, 5) is 45.6. The molecule has 2 aliphatic heterocycles. The SMILES string of the molecule is O=C(O)[C@H]1C[C@@H](O)CN1C(=O)CCl.O=C(O)[C@H]1C[C@@H](O)CN1C(=O)CCl. The number of rotatable bonds is 4. The molecule has 0 spiro atoms. The van der Waals surface area contributed by atoms with Crippen molar-refractivity contribution < 1.29 is 39.6 Å². The molecule has 2 amide bonds. The Morgan fingerprint density at radius 2 is 1.08 bits per heavy atom. The second kappa shape index (κ2) is 9.91. The summed E-state index contributed by atoms with van der Waals surface area (Å²) in [7, 11) is 0. The fraction of sp³-hybridized carbons (Fsp3) is 0.714. The third-order valence-electron chi connectivity index (χ3n) is 4.00. The number of amides is 2. The maximum atomic E-state index is 11.1. The zero-order chi connectivity index (χ0) is 20.0. The highest BCUT2D eigenvalue weighted by atomic mass is 35.5. The Hall–Kier alpha value is -1.62. The largest absolute Gasteiger partial charge is 0.480 e. The van der Waals surface area contributed by atoms with Gasteiger partial charge in [-0.15, -0.1) is 23.2 Å². The first-order chi connectivity index (χ1) is 12.1. The van der Waals surface area contributed by atoms with E-state index in [0.29, 0.717) is 0 Å². The molecule has 12 heteroatoms. The molecule has 10 nitrogen and oxygen atoms in total. The Labute approximate surface area is 158 Å². The Morgan fingerprint density at radius 3 is 1.31 bits per heavy atom. The van der Waals surface area contributed by atoms with Gasteiger partial charge in [-0.1, -0.05) is 0 Å². The molecule has 0 bridgehead atoms. The molecule has 2 fully saturated rings. The molecular formula is C14H20Cl2N2O8. The predicted molar refractivity (Wildman–Crippen MR) is 89.0 cm³/mol. The van der Waals surface area contributed by atoms with Crippen molar-refractivity contribution >= 4 is 47.0 Å². The van der Waals surface area contributed by atoms with Crippen LogP contribution in [0.2, 0.25) is 0 Å². The van der Waals surface area contributed by atoms with Gasteiger partial charge in [0, 0.05) is 25.9 Å². The van der Waals surface area contributed by atoms with Crippen LogP contribution in [0.5, 0.6) is 0 Å². The third kappa shape index (κ3) is 5.70. The number of aliphatic hydroxyl groups is 2. The standard InChI is InChI=1S/2C7H10ClNO4/c2*8-2-6(11)9-3-4(10)1-5(9)7(12)13/h2*4-5,10H,1-3H2,(H,12,13)/t2*4-,5-/m11/s1. The maximum Gasteiger partial charge on any atom is 0.326 e. The van der Waals surface area contributed by atoms with Gasteiger partial charge in [0.2, 0.25) is 11.8 Å². The molecule has 2 rings (SSSR count). The lowest BCUT2D eigenvalue weighted by molar-refractivity contribution is -0.147. The van der Waals surface area contributed by atoms with Crippen LogP contribution < -0.4 is 0 Å². The van der Waals surface area contributed by atoms with Crippen LogP contribution in [-0.2, 0) is 19.2 Å². The van der Waals surface area contributed by atoms with E-state index in [1.165, 1.54) is 0 Å². The van der Waals surface area contributed by atoms with Crippen molar-refractivity contribution in [2.45, 2.75) is 37.1 Å². The molecule has 0 aromatic heterocycles. The van der Waals surface area contributed by atoms with Gasteiger partial charge in [0.15, 0.2) is 0 Å². The second-order valence-electron chi connectivity index (χ2n) is 5.85. The number of halogens is 2. The van der Waals surface area contributed by atoms with Crippen LogP contribution in [0.15, 0.2) is 0 Å². The van der Waals surface area contributed by atoms with E-state index in [2.05, 4.69) is 0 Å². The fourth-order valence-corrected chi connectivity index (χ4v) is 3.11. The van der Waals surface area contributed by atoms with Crippen molar-refractivity contribution in [1.82, 2.24) is 9.80 Å². The van der Waals surface area contributed by atoms with Crippen molar-refractivity contribution in [3.05, 3.63) is 0 Å². The lowest BCUT2D eigenvalue weighted by atomic mass is 10.2. The van der Waals surface area contributed by atoms with Crippen LogP contribution in [0.4, 0.5) is 0 Å². The Balaban J connectivity index is 0.000000260. The number of carboxylic acid groups (broad SMARTS) is 2. The Morgan fingerprint density at radius 1 is 0.769 bits per heavy atom. The van der Waals surface area contributed by atoms with Crippen molar-refractivity contribution in [3.8, 4) is 0 Å². The summed E-state index contributed by atoms with van der Waals surface area (Å²) < 4.78 is 0. The van der Waals surface area contributed by atoms with E-state index in [1.54, 1.807) is 0 Å². The lowest BCUT2D eigenvalue weighted by Gasteiger charge is -2.19. The normalized spacial score (nSPS) is 27.7. The van der Waals surface area contributed by atoms with E-state index < -0.39 is 48.0 Å². The zero-order valence-corrected chi connectivity index (χ0v) is 15.1. The van der Waals surface area contributed by atoms with Gasteiger partial charge in [0.25, 0.3) is 0 Å². The van der Waals surface area contributed by atoms with Crippen molar-refractivity contribution in [2.24, 2.45) is 0 Å². The summed E-state index contributed by atoms with van der Waals surface area (Å²) in [5.74, 6) is -3.62. The average molecular weight is 415 g/mol. The molecule has 2 heterocycles. The second-order valence-corrected chi connectivity index (χ2v) is 6.38. The van der Waals surface area contributed by atoms with E-state index in [4.69, 9.17) is 43.6 Å². The van der Waals surface area contributed by atoms with Gasteiger partial charge in [-0.3, -0.25) is 9.59 Å². The van der Waals surface area contributed by atoms with E-state index in [-0.39, 0.29) is 37.7 Å². The number of hydrogen-bond donors (Lipinski definition) is 4. The number of nitrogens with zero attached hydrogens (tertiary/aromatic N) is 2. The van der Waals surface area contributed by atoms with Gasteiger partial charge >= 0.3 is 11.9 Å². The van der Waals surface area contributed by atoms with Crippen LogP contribution in [0.1, 0.15) is 12.8 Å². The average Bonchev–Trinajstić information content (AvgIpc) is 3.17. The number of hydrogen-bond acceptors (Lipinski definition) is 6. The predicted octanol–water partition coefficient (Wildman–Crippen LogP) is -1.46. The highest BCUT2D eigenvalue weighted by Crippen LogP contribution is 2.19. The molecule has 0 aromatic carbocycles. The van der Waals surface area contributed by atoms with Gasteiger partial charge in [0.05, 0.1) is 12.2 Å². The zero-order valence-electron chi connectivity index (χ0n) is 13.6. The summed E-state index contributed by atoms with van der Waals surface area (Å²) in [6, 6.07) is -1.86. The number of alkyl halides is 2. The molecule has 0 radical (unpaired) electrons. The summed E-state index contributed by atoms with van der Waals surface area (Å²) in [5, 5.41) is 35.7.